The second-order valence-electron chi connectivity index (χ2n) is 4.11. The Hall–Kier alpha value is -1.45. The van der Waals surface area contributed by atoms with Crippen LogP contribution in [0.2, 0.25) is 0 Å². The molecule has 2 nitrogen and oxygen atoms in total. The smallest absolute Gasteiger partial charge is 0.307 e. The van der Waals surface area contributed by atoms with E-state index >= 15 is 0 Å². The van der Waals surface area contributed by atoms with Gasteiger partial charge in [0.15, 0.2) is 0 Å². The van der Waals surface area contributed by atoms with E-state index in [1.807, 2.05) is 0 Å². The zero-order chi connectivity index (χ0) is 11.2. The molecule has 0 radical (unpaired) electrons. The minimum absolute atomic E-state index is 0.0996. The van der Waals surface area contributed by atoms with E-state index in [-0.39, 0.29) is 5.56 Å². The molecular formula is C11H10F2O2. The first-order valence-electron chi connectivity index (χ1n) is 4.64. The molecule has 15 heavy (non-hydrogen) atoms. The van der Waals surface area contributed by atoms with Gasteiger partial charge < -0.3 is 5.11 Å². The maximum atomic E-state index is 13.4. The van der Waals surface area contributed by atoms with E-state index in [2.05, 4.69) is 0 Å². The maximum absolute atomic E-state index is 13.4. The Kier molecular flexibility index (Phi) is 2.03. The predicted octanol–water partition coefficient (Wildman–Crippen LogP) is 2.33. The van der Waals surface area contributed by atoms with Crippen LogP contribution in [-0.2, 0) is 10.2 Å². The molecule has 0 heterocycles. The molecule has 1 aliphatic rings. The number of carboxylic acids is 1. The van der Waals surface area contributed by atoms with Crippen molar-refractivity contribution in [2.24, 2.45) is 5.92 Å². The van der Waals surface area contributed by atoms with Gasteiger partial charge in [0.2, 0.25) is 0 Å². The summed E-state index contributed by atoms with van der Waals surface area (Å²) < 4.78 is 26.8. The first-order chi connectivity index (χ1) is 6.97. The number of carboxylic acid groups (broad SMARTS) is 1. The largest absolute Gasteiger partial charge is 0.481 e. The second-order valence-corrected chi connectivity index (χ2v) is 4.11. The van der Waals surface area contributed by atoms with Crippen molar-refractivity contribution in [1.82, 2.24) is 0 Å². The lowest BCUT2D eigenvalue weighted by Crippen LogP contribution is -2.14. The molecule has 0 saturated heterocycles. The number of aliphatic carboxylic acids is 1. The third-order valence-electron chi connectivity index (χ3n) is 3.07. The average molecular weight is 212 g/mol. The Morgan fingerprint density at radius 1 is 1.47 bits per heavy atom. The molecule has 0 spiro atoms. The molecule has 1 aliphatic carbocycles. The van der Waals surface area contributed by atoms with E-state index < -0.39 is 28.9 Å². The van der Waals surface area contributed by atoms with Gasteiger partial charge in [-0.3, -0.25) is 4.79 Å². The molecule has 1 aromatic carbocycles. The zero-order valence-electron chi connectivity index (χ0n) is 8.13. The summed E-state index contributed by atoms with van der Waals surface area (Å²) in [5, 5.41) is 8.79. The Labute approximate surface area is 85.5 Å². The van der Waals surface area contributed by atoms with Crippen LogP contribution in [0.5, 0.6) is 0 Å². The van der Waals surface area contributed by atoms with Crippen LogP contribution in [0.4, 0.5) is 8.78 Å². The Balaban J connectivity index is 2.44. The second kappa shape index (κ2) is 3.02. The fourth-order valence-electron chi connectivity index (χ4n) is 2.04. The molecule has 2 rings (SSSR count). The van der Waals surface area contributed by atoms with E-state index in [1.165, 1.54) is 6.07 Å². The zero-order valence-corrected chi connectivity index (χ0v) is 8.13. The average Bonchev–Trinajstić information content (AvgIpc) is 2.78. The summed E-state index contributed by atoms with van der Waals surface area (Å²) in [5.74, 6) is -3.01. The van der Waals surface area contributed by atoms with E-state index in [0.29, 0.717) is 6.42 Å². The summed E-state index contributed by atoms with van der Waals surface area (Å²) in [6, 6.07) is 3.58. The highest BCUT2D eigenvalue weighted by Gasteiger charge is 2.58. The molecule has 1 saturated carbocycles. The standard InChI is InChI=1S/C11H10F2O2/c1-11(5-6(11)10(14)15)9-7(12)3-2-4-8(9)13/h2-4,6H,5H2,1H3,(H,14,15)/t6-,11-/m1/s1. The van der Waals surface area contributed by atoms with E-state index in [4.69, 9.17) is 5.11 Å². The van der Waals surface area contributed by atoms with Crippen LogP contribution in [0.3, 0.4) is 0 Å². The minimum atomic E-state index is -1.000. The van der Waals surface area contributed by atoms with Gasteiger partial charge >= 0.3 is 5.97 Å². The molecule has 4 heteroatoms. The van der Waals surface area contributed by atoms with E-state index in [9.17, 15) is 13.6 Å². The summed E-state index contributed by atoms with van der Waals surface area (Å²) in [4.78, 5) is 10.7. The number of rotatable bonds is 2. The van der Waals surface area contributed by atoms with Crippen molar-refractivity contribution in [3.8, 4) is 0 Å². The third-order valence-corrected chi connectivity index (χ3v) is 3.07. The first-order valence-corrected chi connectivity index (χ1v) is 4.64. The number of halogens is 2. The van der Waals surface area contributed by atoms with Crippen LogP contribution < -0.4 is 0 Å². The van der Waals surface area contributed by atoms with Crippen molar-refractivity contribution in [2.45, 2.75) is 18.8 Å². The highest BCUT2D eigenvalue weighted by molar-refractivity contribution is 5.77. The molecular weight excluding hydrogens is 202 g/mol. The molecule has 0 aliphatic heterocycles. The number of benzene rings is 1. The van der Waals surface area contributed by atoms with Crippen molar-refractivity contribution in [3.05, 3.63) is 35.4 Å². The normalized spacial score (nSPS) is 28.9. The van der Waals surface area contributed by atoms with Crippen LogP contribution >= 0.6 is 0 Å². The van der Waals surface area contributed by atoms with Gasteiger partial charge in [0.25, 0.3) is 0 Å². The predicted molar refractivity (Wildman–Crippen MR) is 49.5 cm³/mol. The lowest BCUT2D eigenvalue weighted by molar-refractivity contribution is -0.138. The minimum Gasteiger partial charge on any atom is -0.481 e. The van der Waals surface area contributed by atoms with Gasteiger partial charge in [-0.25, -0.2) is 8.78 Å². The summed E-state index contributed by atoms with van der Waals surface area (Å²) in [6.07, 6.45) is 0.292. The lowest BCUT2D eigenvalue weighted by Gasteiger charge is -2.12. The summed E-state index contributed by atoms with van der Waals surface area (Å²) in [7, 11) is 0. The number of carbonyl (C=O) groups is 1. The number of hydrogen-bond acceptors (Lipinski definition) is 1. The van der Waals surface area contributed by atoms with Gasteiger partial charge in [-0.1, -0.05) is 13.0 Å². The quantitative estimate of drug-likeness (QED) is 0.816. The monoisotopic (exact) mass is 212 g/mol. The Morgan fingerprint density at radius 3 is 2.40 bits per heavy atom. The van der Waals surface area contributed by atoms with Gasteiger partial charge in [0.1, 0.15) is 11.6 Å². The SMILES string of the molecule is C[C@@]1(c2c(F)cccc2F)C[C@@H]1C(=O)O. The molecule has 1 aromatic rings. The van der Waals surface area contributed by atoms with E-state index in [0.717, 1.165) is 12.1 Å². The van der Waals surface area contributed by atoms with E-state index in [1.54, 1.807) is 6.92 Å². The van der Waals surface area contributed by atoms with Gasteiger partial charge in [0.05, 0.1) is 5.92 Å². The van der Waals surface area contributed by atoms with Crippen molar-refractivity contribution in [2.75, 3.05) is 0 Å². The summed E-state index contributed by atoms with van der Waals surface area (Å²) >= 11 is 0. The first kappa shape index (κ1) is 10.1. The van der Waals surface area contributed by atoms with Crippen LogP contribution in [0.1, 0.15) is 18.9 Å². The van der Waals surface area contributed by atoms with Crippen molar-refractivity contribution in [3.63, 3.8) is 0 Å². The Morgan fingerprint density at radius 2 is 2.00 bits per heavy atom. The van der Waals surface area contributed by atoms with Crippen LogP contribution in [0.15, 0.2) is 18.2 Å². The molecule has 2 atom stereocenters. The molecule has 80 valence electrons. The summed E-state index contributed by atoms with van der Waals surface area (Å²) in [5.41, 5.74) is -0.987. The van der Waals surface area contributed by atoms with Crippen molar-refractivity contribution >= 4 is 5.97 Å². The van der Waals surface area contributed by atoms with Crippen LogP contribution in [0, 0.1) is 17.6 Å². The van der Waals surface area contributed by atoms with Crippen molar-refractivity contribution in [1.29, 1.82) is 0 Å². The fraction of sp³-hybridized carbons (Fsp3) is 0.364. The highest BCUT2D eigenvalue weighted by Crippen LogP contribution is 2.55. The molecule has 0 aromatic heterocycles. The van der Waals surface area contributed by atoms with Gasteiger partial charge in [0, 0.05) is 11.0 Å². The molecule has 0 amide bonds. The molecule has 1 N–H and O–H groups in total. The molecule has 0 bridgehead atoms. The third kappa shape index (κ3) is 1.40. The van der Waals surface area contributed by atoms with Crippen molar-refractivity contribution < 1.29 is 18.7 Å². The van der Waals surface area contributed by atoms with Gasteiger partial charge in [-0.2, -0.15) is 0 Å². The highest BCUT2D eigenvalue weighted by atomic mass is 19.1. The molecule has 0 unspecified atom stereocenters. The maximum Gasteiger partial charge on any atom is 0.307 e. The van der Waals surface area contributed by atoms with Crippen LogP contribution in [0.25, 0.3) is 0 Å². The number of hydrogen-bond donors (Lipinski definition) is 1. The lowest BCUT2D eigenvalue weighted by atomic mass is 9.94. The van der Waals surface area contributed by atoms with Gasteiger partial charge in [-0.05, 0) is 18.6 Å². The van der Waals surface area contributed by atoms with Gasteiger partial charge in [-0.15, -0.1) is 0 Å². The fourth-order valence-corrected chi connectivity index (χ4v) is 2.04. The van der Waals surface area contributed by atoms with Crippen LogP contribution in [-0.4, -0.2) is 11.1 Å². The summed E-state index contributed by atoms with van der Waals surface area (Å²) in [6.45, 7) is 1.58. The topological polar surface area (TPSA) is 37.3 Å². The molecule has 1 fully saturated rings. The Bertz CT molecular complexity index is 410.